The first-order valence-corrected chi connectivity index (χ1v) is 7.85. The maximum atomic E-state index is 14.3. The second kappa shape index (κ2) is 7.53. The average molecular weight is 333 g/mol. The van der Waals surface area contributed by atoms with Crippen LogP contribution in [0.4, 0.5) is 8.78 Å². The summed E-state index contributed by atoms with van der Waals surface area (Å²) in [4.78, 5) is 11.1. The van der Waals surface area contributed by atoms with Crippen molar-refractivity contribution in [2.45, 2.75) is 33.2 Å². The van der Waals surface area contributed by atoms with Gasteiger partial charge in [-0.05, 0) is 54.8 Å². The number of rotatable bonds is 6. The molecule has 1 unspecified atom stereocenters. The van der Waals surface area contributed by atoms with E-state index in [1.807, 2.05) is 32.0 Å². The molecule has 0 aliphatic heterocycles. The summed E-state index contributed by atoms with van der Waals surface area (Å²) in [5, 5.41) is 12.0. The van der Waals surface area contributed by atoms with E-state index in [9.17, 15) is 13.6 Å². The minimum Gasteiger partial charge on any atom is -0.481 e. The van der Waals surface area contributed by atoms with Gasteiger partial charge in [-0.15, -0.1) is 0 Å². The van der Waals surface area contributed by atoms with Crippen molar-refractivity contribution in [3.8, 4) is 11.1 Å². The lowest BCUT2D eigenvalue weighted by Crippen LogP contribution is -2.25. The van der Waals surface area contributed by atoms with Crippen LogP contribution in [0.15, 0.2) is 30.3 Å². The fourth-order valence-electron chi connectivity index (χ4n) is 2.99. The molecule has 0 bridgehead atoms. The van der Waals surface area contributed by atoms with E-state index >= 15 is 0 Å². The highest BCUT2D eigenvalue weighted by atomic mass is 19.2. The molecule has 0 amide bonds. The Labute approximate surface area is 140 Å². The molecule has 2 aromatic carbocycles. The van der Waals surface area contributed by atoms with Crippen molar-refractivity contribution in [3.63, 3.8) is 0 Å². The predicted octanol–water partition coefficient (Wildman–Crippen LogP) is 4.37. The number of carboxylic acid groups (broad SMARTS) is 1. The van der Waals surface area contributed by atoms with E-state index in [-0.39, 0.29) is 12.0 Å². The first-order valence-electron chi connectivity index (χ1n) is 7.85. The fourth-order valence-corrected chi connectivity index (χ4v) is 2.99. The molecule has 2 N–H and O–H groups in total. The molecule has 0 radical (unpaired) electrons. The molecule has 5 heteroatoms. The number of halogens is 2. The Kier molecular flexibility index (Phi) is 5.67. The van der Waals surface area contributed by atoms with Crippen molar-refractivity contribution < 1.29 is 18.7 Å². The van der Waals surface area contributed by atoms with Crippen LogP contribution in [0.5, 0.6) is 0 Å². The van der Waals surface area contributed by atoms with Crippen LogP contribution in [0, 0.1) is 25.5 Å². The number of carboxylic acids is 1. The summed E-state index contributed by atoms with van der Waals surface area (Å²) < 4.78 is 28.5. The maximum Gasteiger partial charge on any atom is 0.305 e. The quantitative estimate of drug-likeness (QED) is 0.825. The molecule has 24 heavy (non-hydrogen) atoms. The monoisotopic (exact) mass is 333 g/mol. The zero-order valence-electron chi connectivity index (χ0n) is 14.0. The van der Waals surface area contributed by atoms with Crippen molar-refractivity contribution in [2.24, 2.45) is 0 Å². The summed E-state index contributed by atoms with van der Waals surface area (Å²) in [7, 11) is 0. The van der Waals surface area contributed by atoms with Crippen molar-refractivity contribution >= 4 is 5.97 Å². The second-order valence-corrected chi connectivity index (χ2v) is 5.84. The Morgan fingerprint density at radius 3 is 2.38 bits per heavy atom. The van der Waals surface area contributed by atoms with Crippen LogP contribution in [0.3, 0.4) is 0 Å². The summed E-state index contributed by atoms with van der Waals surface area (Å²) in [6.07, 6.45) is -0.319. The number of nitrogens with one attached hydrogen (secondary N) is 1. The van der Waals surface area contributed by atoms with Crippen molar-refractivity contribution in [1.82, 2.24) is 5.32 Å². The van der Waals surface area contributed by atoms with Crippen LogP contribution in [-0.2, 0) is 4.79 Å². The Morgan fingerprint density at radius 1 is 1.21 bits per heavy atom. The normalized spacial score (nSPS) is 12.2. The van der Waals surface area contributed by atoms with Gasteiger partial charge in [0.1, 0.15) is 0 Å². The zero-order chi connectivity index (χ0) is 17.9. The van der Waals surface area contributed by atoms with E-state index < -0.39 is 23.6 Å². The van der Waals surface area contributed by atoms with Gasteiger partial charge in [-0.1, -0.05) is 25.1 Å². The first kappa shape index (κ1) is 18.1. The van der Waals surface area contributed by atoms with Crippen LogP contribution in [0.1, 0.15) is 36.1 Å². The lowest BCUT2D eigenvalue weighted by molar-refractivity contribution is -0.137. The Morgan fingerprint density at radius 2 is 1.83 bits per heavy atom. The smallest absolute Gasteiger partial charge is 0.305 e. The van der Waals surface area contributed by atoms with Crippen molar-refractivity contribution in [3.05, 3.63) is 58.7 Å². The SMILES string of the molecule is CCNC(CC(=O)O)c1cc(-c2c(C)cccc2C)cc(F)c1F. The molecule has 1 atom stereocenters. The standard InChI is InChI=1S/C19H21F2NO2/c1-4-22-16(10-17(23)24)14-8-13(9-15(20)19(14)21)18-11(2)6-5-7-12(18)3/h5-9,16,22H,4,10H2,1-3H3,(H,23,24). The fraction of sp³-hybridized carbons (Fsp3) is 0.316. The third-order valence-electron chi connectivity index (χ3n) is 4.03. The van der Waals surface area contributed by atoms with Gasteiger partial charge >= 0.3 is 5.97 Å². The molecule has 3 nitrogen and oxygen atoms in total. The highest BCUT2D eigenvalue weighted by Crippen LogP contribution is 2.32. The van der Waals surface area contributed by atoms with Gasteiger partial charge in [-0.3, -0.25) is 4.79 Å². The number of aliphatic carboxylic acids is 1. The Balaban J connectivity index is 2.61. The predicted molar refractivity (Wildman–Crippen MR) is 89.9 cm³/mol. The van der Waals surface area contributed by atoms with Crippen LogP contribution in [0.2, 0.25) is 0 Å². The van der Waals surface area contributed by atoms with Crippen molar-refractivity contribution in [1.29, 1.82) is 0 Å². The van der Waals surface area contributed by atoms with Crippen LogP contribution in [-0.4, -0.2) is 17.6 Å². The molecule has 0 aliphatic rings. The molecule has 128 valence electrons. The minimum atomic E-state index is -1.07. The molecule has 0 saturated heterocycles. The summed E-state index contributed by atoms with van der Waals surface area (Å²) >= 11 is 0. The largest absolute Gasteiger partial charge is 0.481 e. The van der Waals surface area contributed by atoms with Crippen LogP contribution in [0.25, 0.3) is 11.1 Å². The third kappa shape index (κ3) is 3.79. The summed E-state index contributed by atoms with van der Waals surface area (Å²) in [5.41, 5.74) is 3.32. The number of carbonyl (C=O) groups is 1. The molecule has 0 aliphatic carbocycles. The Bertz CT molecular complexity index is 739. The van der Waals surface area contributed by atoms with E-state index in [2.05, 4.69) is 5.32 Å². The average Bonchev–Trinajstić information content (AvgIpc) is 2.49. The topological polar surface area (TPSA) is 49.3 Å². The van der Waals surface area contributed by atoms with E-state index in [1.54, 1.807) is 13.0 Å². The van der Waals surface area contributed by atoms with E-state index in [1.165, 1.54) is 0 Å². The highest BCUT2D eigenvalue weighted by Gasteiger charge is 2.22. The maximum absolute atomic E-state index is 14.3. The number of aryl methyl sites for hydroxylation is 2. The number of hydrogen-bond donors (Lipinski definition) is 2. The molecule has 0 heterocycles. The summed E-state index contributed by atoms with van der Waals surface area (Å²) in [5.74, 6) is -3.05. The van der Waals surface area contributed by atoms with Gasteiger partial charge in [-0.25, -0.2) is 8.78 Å². The molecular weight excluding hydrogens is 312 g/mol. The first-order chi connectivity index (χ1) is 11.3. The zero-order valence-corrected chi connectivity index (χ0v) is 14.0. The van der Waals surface area contributed by atoms with Gasteiger partial charge in [0.15, 0.2) is 11.6 Å². The van der Waals surface area contributed by atoms with Gasteiger partial charge in [0.25, 0.3) is 0 Å². The van der Waals surface area contributed by atoms with Crippen LogP contribution < -0.4 is 5.32 Å². The molecule has 0 aromatic heterocycles. The van der Waals surface area contributed by atoms with Crippen molar-refractivity contribution in [2.75, 3.05) is 6.54 Å². The van der Waals surface area contributed by atoms with Gasteiger partial charge in [0, 0.05) is 11.6 Å². The number of hydrogen-bond acceptors (Lipinski definition) is 2. The lowest BCUT2D eigenvalue weighted by atomic mass is 9.92. The third-order valence-corrected chi connectivity index (χ3v) is 4.03. The number of benzene rings is 2. The summed E-state index contributed by atoms with van der Waals surface area (Å²) in [6.45, 7) is 6.05. The second-order valence-electron chi connectivity index (χ2n) is 5.84. The van der Waals surface area contributed by atoms with Gasteiger partial charge < -0.3 is 10.4 Å². The molecule has 2 rings (SSSR count). The van der Waals surface area contributed by atoms with E-state index in [0.717, 1.165) is 22.8 Å². The van der Waals surface area contributed by atoms with E-state index in [4.69, 9.17) is 5.11 Å². The summed E-state index contributed by atoms with van der Waals surface area (Å²) in [6, 6.07) is 7.64. The molecule has 2 aromatic rings. The highest BCUT2D eigenvalue weighted by molar-refractivity contribution is 5.72. The molecule has 0 fully saturated rings. The molecular formula is C19H21F2NO2. The molecule has 0 spiro atoms. The molecule has 0 saturated carbocycles. The van der Waals surface area contributed by atoms with Gasteiger partial charge in [0.2, 0.25) is 0 Å². The van der Waals surface area contributed by atoms with Gasteiger partial charge in [-0.2, -0.15) is 0 Å². The minimum absolute atomic E-state index is 0.0388. The van der Waals surface area contributed by atoms with Gasteiger partial charge in [0.05, 0.1) is 6.42 Å². The Hall–Kier alpha value is -2.27. The van der Waals surface area contributed by atoms with Crippen LogP contribution >= 0.6 is 0 Å². The lowest BCUT2D eigenvalue weighted by Gasteiger charge is -2.19. The van der Waals surface area contributed by atoms with E-state index in [0.29, 0.717) is 12.1 Å².